The number of thioether (sulfide) groups is 1. The minimum Gasteiger partial charge on any atom is -0.351 e. The second-order valence-corrected chi connectivity index (χ2v) is 6.86. The molecule has 2 rings (SSSR count). The Balaban J connectivity index is 2.12. The van der Waals surface area contributed by atoms with Crippen molar-refractivity contribution in [3.05, 3.63) is 33.8 Å². The van der Waals surface area contributed by atoms with Crippen LogP contribution in [-0.4, -0.2) is 23.5 Å². The van der Waals surface area contributed by atoms with E-state index in [1.54, 1.807) is 11.8 Å². The Hall–Kier alpha value is -0.690. The fourth-order valence-electron chi connectivity index (χ4n) is 2.06. The number of alkyl halides is 3. The summed E-state index contributed by atoms with van der Waals surface area (Å²) in [5, 5.41) is 2.91. The van der Waals surface area contributed by atoms with E-state index in [1.165, 1.54) is 12.1 Å². The van der Waals surface area contributed by atoms with Gasteiger partial charge in [-0.1, -0.05) is 15.9 Å². The van der Waals surface area contributed by atoms with Crippen molar-refractivity contribution in [2.24, 2.45) is 0 Å². The molecule has 0 aliphatic carbocycles. The number of carbonyl (C=O) groups excluding carboxylic acids is 1. The Kier molecular flexibility index (Phi) is 5.01. The van der Waals surface area contributed by atoms with Crippen molar-refractivity contribution in [3.63, 3.8) is 0 Å². The van der Waals surface area contributed by atoms with Gasteiger partial charge in [-0.3, -0.25) is 4.79 Å². The average molecular weight is 368 g/mol. The van der Waals surface area contributed by atoms with Crippen LogP contribution in [0.25, 0.3) is 0 Å². The predicted octanol–water partition coefficient (Wildman–Crippen LogP) is 4.09. The molecule has 1 fully saturated rings. The molecule has 1 saturated heterocycles. The van der Waals surface area contributed by atoms with Crippen LogP contribution in [0.15, 0.2) is 22.7 Å². The molecule has 1 aromatic carbocycles. The molecule has 7 heteroatoms. The molecule has 0 saturated carbocycles. The highest BCUT2D eigenvalue weighted by molar-refractivity contribution is 9.10. The summed E-state index contributed by atoms with van der Waals surface area (Å²) in [5.41, 5.74) is -1.24. The molecule has 1 N–H and O–H groups in total. The van der Waals surface area contributed by atoms with Crippen LogP contribution in [0.4, 0.5) is 13.2 Å². The lowest BCUT2D eigenvalue weighted by molar-refractivity contribution is -0.138. The van der Waals surface area contributed by atoms with Gasteiger partial charge in [0, 0.05) is 16.3 Å². The average Bonchev–Trinajstić information content (AvgIpc) is 2.88. The fraction of sp³-hybridized carbons (Fsp3) is 0.462. The second kappa shape index (κ2) is 6.39. The maximum absolute atomic E-state index is 12.9. The summed E-state index contributed by atoms with van der Waals surface area (Å²) in [6.07, 6.45) is -2.45. The highest BCUT2D eigenvalue weighted by Gasteiger charge is 2.35. The van der Waals surface area contributed by atoms with Gasteiger partial charge in [0.1, 0.15) is 0 Å². The third kappa shape index (κ3) is 3.91. The summed E-state index contributed by atoms with van der Waals surface area (Å²) < 4.78 is 39.1. The minimum absolute atomic E-state index is 0.299. The van der Waals surface area contributed by atoms with Crippen molar-refractivity contribution in [1.82, 2.24) is 5.32 Å². The van der Waals surface area contributed by atoms with Gasteiger partial charge < -0.3 is 5.32 Å². The van der Waals surface area contributed by atoms with Crippen LogP contribution in [0.5, 0.6) is 0 Å². The van der Waals surface area contributed by atoms with Crippen molar-refractivity contribution in [1.29, 1.82) is 0 Å². The van der Waals surface area contributed by atoms with Gasteiger partial charge in [-0.25, -0.2) is 0 Å². The number of nitrogens with one attached hydrogen (secondary N) is 1. The van der Waals surface area contributed by atoms with E-state index in [0.717, 1.165) is 24.7 Å². The number of carbonyl (C=O) groups is 1. The Morgan fingerprint density at radius 2 is 2.20 bits per heavy atom. The first-order chi connectivity index (χ1) is 9.38. The molecule has 20 heavy (non-hydrogen) atoms. The molecular formula is C13H13BrF3NOS. The van der Waals surface area contributed by atoms with Crippen LogP contribution < -0.4 is 5.32 Å². The van der Waals surface area contributed by atoms with Crippen molar-refractivity contribution in [3.8, 4) is 0 Å². The molecule has 1 aliphatic heterocycles. The fourth-order valence-corrected chi connectivity index (χ4v) is 3.62. The number of amides is 1. The summed E-state index contributed by atoms with van der Waals surface area (Å²) >= 11 is 4.74. The molecular weight excluding hydrogens is 355 g/mol. The first-order valence-corrected chi connectivity index (χ1v) is 7.98. The SMILES string of the molecule is O=C(NCC1CCCS1)c1ccc(Br)cc1C(F)(F)F. The third-order valence-corrected chi connectivity index (χ3v) is 4.94. The Labute approximate surface area is 127 Å². The molecule has 1 aromatic rings. The van der Waals surface area contributed by atoms with Crippen molar-refractivity contribution >= 4 is 33.6 Å². The van der Waals surface area contributed by atoms with Gasteiger partial charge in [-0.15, -0.1) is 0 Å². The molecule has 0 bridgehead atoms. The molecule has 1 unspecified atom stereocenters. The van der Waals surface area contributed by atoms with E-state index < -0.39 is 17.6 Å². The van der Waals surface area contributed by atoms with E-state index in [9.17, 15) is 18.0 Å². The first kappa shape index (κ1) is 15.7. The predicted molar refractivity (Wildman–Crippen MR) is 77.0 cm³/mol. The highest BCUT2D eigenvalue weighted by atomic mass is 79.9. The van der Waals surface area contributed by atoms with Crippen molar-refractivity contribution < 1.29 is 18.0 Å². The van der Waals surface area contributed by atoms with Crippen LogP contribution in [0.3, 0.4) is 0 Å². The molecule has 1 aliphatic rings. The number of hydrogen-bond donors (Lipinski definition) is 1. The van der Waals surface area contributed by atoms with Crippen LogP contribution in [0, 0.1) is 0 Å². The number of hydrogen-bond acceptors (Lipinski definition) is 2. The zero-order valence-corrected chi connectivity index (χ0v) is 12.9. The quantitative estimate of drug-likeness (QED) is 0.871. The normalized spacial score (nSPS) is 19.1. The van der Waals surface area contributed by atoms with Crippen LogP contribution >= 0.6 is 27.7 Å². The van der Waals surface area contributed by atoms with Gasteiger partial charge in [0.2, 0.25) is 0 Å². The summed E-state index contributed by atoms with van der Waals surface area (Å²) in [4.78, 5) is 11.9. The van der Waals surface area contributed by atoms with Gasteiger partial charge in [0.05, 0.1) is 11.1 Å². The zero-order valence-electron chi connectivity index (χ0n) is 10.5. The van der Waals surface area contributed by atoms with Gasteiger partial charge in [0.15, 0.2) is 0 Å². The third-order valence-electron chi connectivity index (χ3n) is 3.05. The maximum atomic E-state index is 12.9. The van der Waals surface area contributed by atoms with E-state index in [4.69, 9.17) is 0 Å². The van der Waals surface area contributed by atoms with E-state index in [0.29, 0.717) is 16.3 Å². The standard InChI is InChI=1S/C13H13BrF3NOS/c14-8-3-4-10(11(6-8)13(15,16)17)12(19)18-7-9-2-1-5-20-9/h3-4,6,9H,1-2,5,7H2,(H,18,19). The largest absolute Gasteiger partial charge is 0.417 e. The lowest BCUT2D eigenvalue weighted by Crippen LogP contribution is -2.31. The zero-order chi connectivity index (χ0) is 14.8. The second-order valence-electron chi connectivity index (χ2n) is 4.53. The van der Waals surface area contributed by atoms with Crippen LogP contribution in [-0.2, 0) is 6.18 Å². The van der Waals surface area contributed by atoms with Gasteiger partial charge in [0.25, 0.3) is 5.91 Å². The van der Waals surface area contributed by atoms with Crippen LogP contribution in [0.2, 0.25) is 0 Å². The Bertz CT molecular complexity index is 501. The molecule has 2 nitrogen and oxygen atoms in total. The molecule has 1 heterocycles. The lowest BCUT2D eigenvalue weighted by atomic mass is 10.1. The highest BCUT2D eigenvalue weighted by Crippen LogP contribution is 2.34. The van der Waals surface area contributed by atoms with Gasteiger partial charge >= 0.3 is 6.18 Å². The lowest BCUT2D eigenvalue weighted by Gasteiger charge is -2.15. The van der Waals surface area contributed by atoms with Gasteiger partial charge in [-0.05, 0) is 36.8 Å². The van der Waals surface area contributed by atoms with Crippen molar-refractivity contribution in [2.45, 2.75) is 24.3 Å². The summed E-state index contributed by atoms with van der Waals surface area (Å²) in [6.45, 7) is 0.414. The molecule has 0 spiro atoms. The Morgan fingerprint density at radius 3 is 2.80 bits per heavy atom. The smallest absolute Gasteiger partial charge is 0.351 e. The maximum Gasteiger partial charge on any atom is 0.417 e. The molecule has 0 radical (unpaired) electrons. The molecule has 0 aromatic heterocycles. The minimum atomic E-state index is -4.54. The summed E-state index contributed by atoms with van der Waals surface area (Å²) in [7, 11) is 0. The summed E-state index contributed by atoms with van der Waals surface area (Å²) in [6, 6.07) is 3.57. The van der Waals surface area contributed by atoms with E-state index in [1.807, 2.05) is 0 Å². The van der Waals surface area contributed by atoms with Crippen molar-refractivity contribution in [2.75, 3.05) is 12.3 Å². The number of halogens is 4. The molecule has 1 atom stereocenters. The van der Waals surface area contributed by atoms with Crippen LogP contribution in [0.1, 0.15) is 28.8 Å². The molecule has 1 amide bonds. The van der Waals surface area contributed by atoms with E-state index >= 15 is 0 Å². The van der Waals surface area contributed by atoms with E-state index in [-0.39, 0.29) is 5.56 Å². The first-order valence-electron chi connectivity index (χ1n) is 6.14. The number of rotatable bonds is 3. The summed E-state index contributed by atoms with van der Waals surface area (Å²) in [5.74, 6) is 0.379. The molecule has 110 valence electrons. The number of benzene rings is 1. The van der Waals surface area contributed by atoms with E-state index in [2.05, 4.69) is 21.2 Å². The topological polar surface area (TPSA) is 29.1 Å². The monoisotopic (exact) mass is 367 g/mol. The Morgan fingerprint density at radius 1 is 1.45 bits per heavy atom. The van der Waals surface area contributed by atoms with Gasteiger partial charge in [-0.2, -0.15) is 24.9 Å².